The summed E-state index contributed by atoms with van der Waals surface area (Å²) in [6, 6.07) is 9.93. The predicted molar refractivity (Wildman–Crippen MR) is 71.5 cm³/mol. The number of piperidine rings is 1. The van der Waals surface area contributed by atoms with Crippen molar-refractivity contribution in [2.45, 2.75) is 31.2 Å². The lowest BCUT2D eigenvalue weighted by molar-refractivity contribution is -0.151. The molecule has 0 spiro atoms. The van der Waals surface area contributed by atoms with Crippen LogP contribution in [0.3, 0.4) is 0 Å². The molecule has 0 aliphatic carbocycles. The Hall–Kier alpha value is -1.68. The van der Waals surface area contributed by atoms with Gasteiger partial charge in [-0.25, -0.2) is 0 Å². The third kappa shape index (κ3) is 2.40. The number of hydrogen-bond acceptors (Lipinski definition) is 3. The van der Waals surface area contributed by atoms with E-state index in [0.29, 0.717) is 12.8 Å². The molecular formula is C15H18N2O2. The van der Waals surface area contributed by atoms with Crippen LogP contribution in [0, 0.1) is 0 Å². The highest BCUT2D eigenvalue weighted by atomic mass is 16.2. The monoisotopic (exact) mass is 258 g/mol. The van der Waals surface area contributed by atoms with Crippen LogP contribution in [0.5, 0.6) is 0 Å². The van der Waals surface area contributed by atoms with E-state index in [2.05, 4.69) is 5.32 Å². The molecular weight excluding hydrogens is 240 g/mol. The summed E-state index contributed by atoms with van der Waals surface area (Å²) in [7, 11) is 0. The Morgan fingerprint density at radius 3 is 2.32 bits per heavy atom. The molecule has 2 heterocycles. The second-order valence-corrected chi connectivity index (χ2v) is 5.32. The van der Waals surface area contributed by atoms with Crippen molar-refractivity contribution >= 4 is 11.8 Å². The average Bonchev–Trinajstić information content (AvgIpc) is 2.93. The van der Waals surface area contributed by atoms with Crippen molar-refractivity contribution in [1.82, 2.24) is 10.2 Å². The van der Waals surface area contributed by atoms with E-state index in [0.717, 1.165) is 25.1 Å². The summed E-state index contributed by atoms with van der Waals surface area (Å²) < 4.78 is 0. The van der Waals surface area contributed by atoms with Gasteiger partial charge in [-0.1, -0.05) is 30.3 Å². The van der Waals surface area contributed by atoms with Gasteiger partial charge in [0, 0.05) is 25.3 Å². The number of rotatable bonds is 2. The molecule has 4 heteroatoms. The molecule has 1 aromatic rings. The summed E-state index contributed by atoms with van der Waals surface area (Å²) in [4.78, 5) is 26.0. The van der Waals surface area contributed by atoms with Gasteiger partial charge in [0.25, 0.3) is 0 Å². The number of carbonyl (C=O) groups excluding carboxylic acids is 2. The summed E-state index contributed by atoms with van der Waals surface area (Å²) in [6.45, 7) is 1.64. The minimum Gasteiger partial charge on any atom is -0.315 e. The smallest absolute Gasteiger partial charge is 0.230 e. The Labute approximate surface area is 112 Å². The first-order chi connectivity index (χ1) is 9.25. The fourth-order valence-corrected chi connectivity index (χ4v) is 3.06. The van der Waals surface area contributed by atoms with Gasteiger partial charge in [0.2, 0.25) is 11.8 Å². The summed E-state index contributed by atoms with van der Waals surface area (Å²) in [5.41, 5.74) is 1.09. The molecule has 4 nitrogen and oxygen atoms in total. The molecule has 2 amide bonds. The van der Waals surface area contributed by atoms with E-state index in [9.17, 15) is 9.59 Å². The van der Waals surface area contributed by atoms with Crippen LogP contribution in [0.15, 0.2) is 30.3 Å². The van der Waals surface area contributed by atoms with Crippen LogP contribution in [0.2, 0.25) is 0 Å². The summed E-state index contributed by atoms with van der Waals surface area (Å²) in [5, 5.41) is 3.21. The molecule has 19 heavy (non-hydrogen) atoms. The second-order valence-electron chi connectivity index (χ2n) is 5.32. The third-order valence-corrected chi connectivity index (χ3v) is 4.05. The van der Waals surface area contributed by atoms with Crippen LogP contribution in [0.4, 0.5) is 0 Å². The Morgan fingerprint density at radius 1 is 1.05 bits per heavy atom. The van der Waals surface area contributed by atoms with Crippen LogP contribution in [-0.4, -0.2) is 35.8 Å². The highest BCUT2D eigenvalue weighted by molar-refractivity contribution is 5.99. The van der Waals surface area contributed by atoms with E-state index in [-0.39, 0.29) is 23.8 Å². The fraction of sp³-hybridized carbons (Fsp3) is 0.467. The van der Waals surface area contributed by atoms with Gasteiger partial charge >= 0.3 is 0 Å². The van der Waals surface area contributed by atoms with Crippen molar-refractivity contribution in [2.75, 3.05) is 13.1 Å². The van der Waals surface area contributed by atoms with Gasteiger partial charge in [0.05, 0.1) is 6.04 Å². The Kier molecular flexibility index (Phi) is 3.34. The molecule has 2 aliphatic rings. The number of nitrogens with zero attached hydrogens (tertiary/aromatic N) is 1. The molecule has 100 valence electrons. The standard InChI is InChI=1S/C15H18N2O2/c18-14-8-12(11-4-2-1-3-5-11)9-15(19)17(14)13-6-7-16-10-13/h1-5,12-13,16H,6-10H2. The molecule has 0 aromatic heterocycles. The van der Waals surface area contributed by atoms with Crippen LogP contribution in [-0.2, 0) is 9.59 Å². The Balaban J connectivity index is 1.75. The molecule has 0 bridgehead atoms. The average molecular weight is 258 g/mol. The van der Waals surface area contributed by atoms with Gasteiger partial charge < -0.3 is 5.32 Å². The number of carbonyl (C=O) groups is 2. The number of amides is 2. The highest BCUT2D eigenvalue weighted by Crippen LogP contribution is 2.31. The maximum Gasteiger partial charge on any atom is 0.230 e. The first kappa shape index (κ1) is 12.4. The minimum atomic E-state index is -0.0150. The Morgan fingerprint density at radius 2 is 1.74 bits per heavy atom. The lowest BCUT2D eigenvalue weighted by Crippen LogP contribution is -2.49. The van der Waals surface area contributed by atoms with Crippen molar-refractivity contribution in [3.63, 3.8) is 0 Å². The molecule has 1 unspecified atom stereocenters. The summed E-state index contributed by atoms with van der Waals surface area (Å²) >= 11 is 0. The lowest BCUT2D eigenvalue weighted by atomic mass is 9.88. The lowest BCUT2D eigenvalue weighted by Gasteiger charge is -2.33. The molecule has 2 aliphatic heterocycles. The normalized spacial score (nSPS) is 25.1. The van der Waals surface area contributed by atoms with Gasteiger partial charge in [-0.3, -0.25) is 14.5 Å². The zero-order valence-corrected chi connectivity index (χ0v) is 10.8. The zero-order chi connectivity index (χ0) is 13.2. The van der Waals surface area contributed by atoms with Gasteiger partial charge in [-0.05, 0) is 18.5 Å². The number of nitrogens with one attached hydrogen (secondary N) is 1. The highest BCUT2D eigenvalue weighted by Gasteiger charge is 2.38. The molecule has 0 radical (unpaired) electrons. The van der Waals surface area contributed by atoms with E-state index in [1.54, 1.807) is 0 Å². The minimum absolute atomic E-state index is 0.0150. The molecule has 2 saturated heterocycles. The predicted octanol–water partition coefficient (Wildman–Crippen LogP) is 1.28. The maximum absolute atomic E-state index is 12.3. The molecule has 1 atom stereocenters. The first-order valence-corrected chi connectivity index (χ1v) is 6.86. The molecule has 1 aromatic carbocycles. The number of benzene rings is 1. The van der Waals surface area contributed by atoms with Crippen molar-refractivity contribution in [3.8, 4) is 0 Å². The van der Waals surface area contributed by atoms with Gasteiger partial charge in [-0.15, -0.1) is 0 Å². The van der Waals surface area contributed by atoms with E-state index >= 15 is 0 Å². The number of hydrogen-bond donors (Lipinski definition) is 1. The first-order valence-electron chi connectivity index (χ1n) is 6.86. The molecule has 3 rings (SSSR count). The van der Waals surface area contributed by atoms with Crippen molar-refractivity contribution < 1.29 is 9.59 Å². The van der Waals surface area contributed by atoms with E-state index in [1.807, 2.05) is 30.3 Å². The van der Waals surface area contributed by atoms with Crippen molar-refractivity contribution in [3.05, 3.63) is 35.9 Å². The molecule has 2 fully saturated rings. The van der Waals surface area contributed by atoms with Crippen LogP contribution in [0.1, 0.15) is 30.7 Å². The maximum atomic E-state index is 12.3. The summed E-state index contributed by atoms with van der Waals surface area (Å²) in [6.07, 6.45) is 1.78. The zero-order valence-electron chi connectivity index (χ0n) is 10.8. The van der Waals surface area contributed by atoms with E-state index < -0.39 is 0 Å². The van der Waals surface area contributed by atoms with Crippen molar-refractivity contribution in [1.29, 1.82) is 0 Å². The number of likely N-dealkylation sites (tertiary alicyclic amines) is 1. The van der Waals surface area contributed by atoms with Crippen LogP contribution in [0.25, 0.3) is 0 Å². The topological polar surface area (TPSA) is 49.4 Å². The van der Waals surface area contributed by atoms with Gasteiger partial charge in [0.15, 0.2) is 0 Å². The quantitative estimate of drug-likeness (QED) is 0.813. The molecule has 0 saturated carbocycles. The number of imide groups is 1. The SMILES string of the molecule is O=C1CC(c2ccccc2)CC(=O)N1C1CCNC1. The van der Waals surface area contributed by atoms with Gasteiger partial charge in [-0.2, -0.15) is 0 Å². The van der Waals surface area contributed by atoms with Gasteiger partial charge in [0.1, 0.15) is 0 Å². The largest absolute Gasteiger partial charge is 0.315 e. The fourth-order valence-electron chi connectivity index (χ4n) is 3.06. The van der Waals surface area contributed by atoms with Crippen LogP contribution >= 0.6 is 0 Å². The summed E-state index contributed by atoms with van der Waals surface area (Å²) in [5.74, 6) is 0.0180. The Bertz CT molecular complexity index is 462. The third-order valence-electron chi connectivity index (χ3n) is 4.05. The van der Waals surface area contributed by atoms with E-state index in [4.69, 9.17) is 0 Å². The van der Waals surface area contributed by atoms with Crippen LogP contribution < -0.4 is 5.32 Å². The second kappa shape index (κ2) is 5.13. The van der Waals surface area contributed by atoms with Crippen molar-refractivity contribution in [2.24, 2.45) is 0 Å². The van der Waals surface area contributed by atoms with E-state index in [1.165, 1.54) is 4.90 Å². The molecule has 1 N–H and O–H groups in total.